The maximum Gasteiger partial charge on any atom is 0.170 e. The fraction of sp³-hybridized carbons (Fsp3) is 0.278. The summed E-state index contributed by atoms with van der Waals surface area (Å²) in [7, 11) is 2.05. The summed E-state index contributed by atoms with van der Waals surface area (Å²) in [5.41, 5.74) is 0.959. The van der Waals surface area contributed by atoms with Crippen molar-refractivity contribution in [2.75, 3.05) is 20.2 Å². The van der Waals surface area contributed by atoms with E-state index in [1.165, 1.54) is 0 Å². The van der Waals surface area contributed by atoms with Crippen LogP contribution < -0.4 is 4.74 Å². The van der Waals surface area contributed by atoms with Crippen molar-refractivity contribution >= 4 is 11.6 Å². The van der Waals surface area contributed by atoms with Crippen LogP contribution in [0.25, 0.3) is 5.69 Å². The minimum Gasteiger partial charge on any atom is -0.493 e. The second-order valence-electron chi connectivity index (χ2n) is 5.74. The highest BCUT2D eigenvalue weighted by Gasteiger charge is 2.10. The Balaban J connectivity index is 1.47. The normalized spacial score (nSPS) is 11.0. The van der Waals surface area contributed by atoms with E-state index in [1.54, 1.807) is 4.68 Å². The summed E-state index contributed by atoms with van der Waals surface area (Å²) in [6, 6.07) is 17.3. The van der Waals surface area contributed by atoms with Crippen LogP contribution in [-0.4, -0.2) is 45.3 Å². The highest BCUT2D eigenvalue weighted by atomic mass is 35.5. The lowest BCUT2D eigenvalue weighted by atomic mass is 10.3. The zero-order valence-electron chi connectivity index (χ0n) is 14.0. The molecule has 0 saturated heterocycles. The molecular formula is C18H20ClN5O. The lowest BCUT2D eigenvalue weighted by Crippen LogP contribution is -2.23. The number of nitrogens with zero attached hydrogens (tertiary/aromatic N) is 5. The van der Waals surface area contributed by atoms with E-state index in [-0.39, 0.29) is 0 Å². The van der Waals surface area contributed by atoms with Gasteiger partial charge in [-0.05, 0) is 54.2 Å². The van der Waals surface area contributed by atoms with E-state index >= 15 is 0 Å². The van der Waals surface area contributed by atoms with Crippen LogP contribution in [0.1, 0.15) is 12.2 Å². The Kier molecular flexibility index (Phi) is 5.98. The summed E-state index contributed by atoms with van der Waals surface area (Å²) in [4.78, 5) is 2.17. The lowest BCUT2D eigenvalue weighted by Gasteiger charge is -2.16. The second kappa shape index (κ2) is 8.60. The van der Waals surface area contributed by atoms with E-state index in [9.17, 15) is 0 Å². The van der Waals surface area contributed by atoms with Gasteiger partial charge in [-0.1, -0.05) is 35.9 Å². The Morgan fingerprint density at radius 2 is 1.96 bits per heavy atom. The quantitative estimate of drug-likeness (QED) is 0.579. The van der Waals surface area contributed by atoms with E-state index in [1.807, 2.05) is 61.6 Å². The van der Waals surface area contributed by atoms with Crippen LogP contribution in [-0.2, 0) is 6.54 Å². The van der Waals surface area contributed by atoms with E-state index < -0.39 is 0 Å². The van der Waals surface area contributed by atoms with Crippen LogP contribution >= 0.6 is 11.6 Å². The number of aromatic nitrogens is 4. The highest BCUT2D eigenvalue weighted by Crippen LogP contribution is 2.17. The van der Waals surface area contributed by atoms with Crippen LogP contribution in [0.3, 0.4) is 0 Å². The van der Waals surface area contributed by atoms with Crippen LogP contribution in [0.5, 0.6) is 5.75 Å². The molecule has 6 nitrogen and oxygen atoms in total. The first-order valence-corrected chi connectivity index (χ1v) is 8.50. The maximum atomic E-state index is 5.94. The van der Waals surface area contributed by atoms with Crippen molar-refractivity contribution in [2.45, 2.75) is 13.0 Å². The van der Waals surface area contributed by atoms with Gasteiger partial charge in [-0.25, -0.2) is 0 Å². The molecule has 0 fully saturated rings. The van der Waals surface area contributed by atoms with Crippen LogP contribution in [0.4, 0.5) is 0 Å². The smallest absolute Gasteiger partial charge is 0.170 e. The first kappa shape index (κ1) is 17.4. The van der Waals surface area contributed by atoms with Crippen molar-refractivity contribution in [3.63, 3.8) is 0 Å². The molecular weight excluding hydrogens is 338 g/mol. The summed E-state index contributed by atoms with van der Waals surface area (Å²) < 4.78 is 7.47. The second-order valence-corrected chi connectivity index (χ2v) is 6.18. The number of rotatable bonds is 8. The molecule has 0 saturated carbocycles. The zero-order chi connectivity index (χ0) is 17.5. The molecule has 0 aliphatic heterocycles. The van der Waals surface area contributed by atoms with Gasteiger partial charge in [0, 0.05) is 11.6 Å². The average molecular weight is 358 g/mol. The molecule has 0 aliphatic carbocycles. The molecule has 0 N–H and O–H groups in total. The first-order valence-electron chi connectivity index (χ1n) is 8.12. The van der Waals surface area contributed by atoms with Crippen molar-refractivity contribution in [3.05, 3.63) is 65.4 Å². The Bertz CT molecular complexity index is 793. The van der Waals surface area contributed by atoms with Crippen molar-refractivity contribution in [2.24, 2.45) is 0 Å². The number of ether oxygens (including phenoxy) is 1. The van der Waals surface area contributed by atoms with Gasteiger partial charge < -0.3 is 4.74 Å². The first-order chi connectivity index (χ1) is 12.2. The Labute approximate surface area is 152 Å². The third-order valence-electron chi connectivity index (χ3n) is 3.70. The highest BCUT2D eigenvalue weighted by molar-refractivity contribution is 6.30. The summed E-state index contributed by atoms with van der Waals surface area (Å²) in [5.74, 6) is 1.60. The van der Waals surface area contributed by atoms with E-state index in [0.29, 0.717) is 18.2 Å². The molecule has 0 amide bonds. The minimum absolute atomic E-state index is 0.633. The minimum atomic E-state index is 0.633. The Hall–Kier alpha value is -2.44. The Morgan fingerprint density at radius 1 is 1.12 bits per heavy atom. The molecule has 7 heteroatoms. The van der Waals surface area contributed by atoms with Gasteiger partial charge in [0.05, 0.1) is 18.8 Å². The molecule has 0 aliphatic rings. The molecule has 2 aromatic carbocycles. The van der Waals surface area contributed by atoms with Gasteiger partial charge >= 0.3 is 0 Å². The fourth-order valence-electron chi connectivity index (χ4n) is 2.48. The number of para-hydroxylation sites is 1. The van der Waals surface area contributed by atoms with E-state index in [0.717, 1.165) is 30.2 Å². The lowest BCUT2D eigenvalue weighted by molar-refractivity contribution is 0.254. The van der Waals surface area contributed by atoms with Gasteiger partial charge in [0.1, 0.15) is 5.75 Å². The molecule has 130 valence electrons. The molecule has 1 aromatic heterocycles. The molecule has 3 aromatic rings. The van der Waals surface area contributed by atoms with Crippen molar-refractivity contribution in [1.82, 2.24) is 25.1 Å². The largest absolute Gasteiger partial charge is 0.493 e. The number of tetrazole rings is 1. The molecule has 0 unspecified atom stereocenters. The van der Waals surface area contributed by atoms with E-state index in [2.05, 4.69) is 20.4 Å². The van der Waals surface area contributed by atoms with Gasteiger partial charge in [0.25, 0.3) is 0 Å². The molecule has 0 spiro atoms. The summed E-state index contributed by atoms with van der Waals surface area (Å²) in [6.07, 6.45) is 0.899. The van der Waals surface area contributed by atoms with E-state index in [4.69, 9.17) is 16.3 Å². The predicted octanol–water partition coefficient (Wildman–Crippen LogP) is 3.22. The number of benzene rings is 2. The van der Waals surface area contributed by atoms with Crippen LogP contribution in [0.15, 0.2) is 54.6 Å². The molecule has 1 heterocycles. The van der Waals surface area contributed by atoms with Gasteiger partial charge in [-0.15, -0.1) is 5.10 Å². The third-order valence-corrected chi connectivity index (χ3v) is 3.93. The SMILES string of the molecule is CN(CCCOc1cccc(Cl)c1)Cc1nnnn1-c1ccccc1. The fourth-order valence-corrected chi connectivity index (χ4v) is 2.66. The van der Waals surface area contributed by atoms with Gasteiger partial charge in [0.2, 0.25) is 0 Å². The average Bonchev–Trinajstić information content (AvgIpc) is 3.08. The number of halogens is 1. The standard InChI is InChI=1S/C18H20ClN5O/c1-23(11-6-12-25-17-10-5-7-15(19)13-17)14-18-20-21-22-24(18)16-8-3-2-4-9-16/h2-5,7-10,13H,6,11-12,14H2,1H3. The molecule has 3 rings (SSSR count). The zero-order valence-corrected chi connectivity index (χ0v) is 14.8. The summed E-state index contributed by atoms with van der Waals surface area (Å²) in [6.45, 7) is 2.18. The van der Waals surface area contributed by atoms with Crippen molar-refractivity contribution in [3.8, 4) is 11.4 Å². The molecule has 25 heavy (non-hydrogen) atoms. The maximum absolute atomic E-state index is 5.94. The third kappa shape index (κ3) is 5.01. The van der Waals surface area contributed by atoms with Crippen LogP contribution in [0.2, 0.25) is 5.02 Å². The predicted molar refractivity (Wildman–Crippen MR) is 97.1 cm³/mol. The number of hydrogen-bond acceptors (Lipinski definition) is 5. The van der Waals surface area contributed by atoms with Gasteiger partial charge in [-0.3, -0.25) is 4.90 Å². The Morgan fingerprint density at radius 3 is 2.76 bits per heavy atom. The monoisotopic (exact) mass is 357 g/mol. The number of hydrogen-bond donors (Lipinski definition) is 0. The van der Waals surface area contributed by atoms with Crippen LogP contribution in [0, 0.1) is 0 Å². The van der Waals surface area contributed by atoms with Crippen molar-refractivity contribution in [1.29, 1.82) is 0 Å². The van der Waals surface area contributed by atoms with Crippen molar-refractivity contribution < 1.29 is 4.74 Å². The topological polar surface area (TPSA) is 56.1 Å². The molecule has 0 atom stereocenters. The molecule has 0 bridgehead atoms. The van der Waals surface area contributed by atoms with Gasteiger partial charge in [0.15, 0.2) is 5.82 Å². The summed E-state index contributed by atoms with van der Waals surface area (Å²) >= 11 is 5.94. The summed E-state index contributed by atoms with van der Waals surface area (Å²) in [5, 5.41) is 12.7. The molecule has 0 radical (unpaired) electrons. The van der Waals surface area contributed by atoms with Gasteiger partial charge in [-0.2, -0.15) is 4.68 Å².